The number of nitrogens with two attached hydrogens (primary N) is 1. The number of amides is 1. The highest BCUT2D eigenvalue weighted by molar-refractivity contribution is 5.88. The highest BCUT2D eigenvalue weighted by Crippen LogP contribution is 2.25. The van der Waals surface area contributed by atoms with E-state index in [4.69, 9.17) is 10.9 Å². The summed E-state index contributed by atoms with van der Waals surface area (Å²) in [6.07, 6.45) is 5.43. The van der Waals surface area contributed by atoms with Crippen LogP contribution in [-0.2, 0) is 4.79 Å². The molecule has 0 aromatic heterocycles. The van der Waals surface area contributed by atoms with Gasteiger partial charge in [0.25, 0.3) is 0 Å². The van der Waals surface area contributed by atoms with Gasteiger partial charge in [0.15, 0.2) is 5.84 Å². The van der Waals surface area contributed by atoms with E-state index in [9.17, 15) is 4.79 Å². The number of amidine groups is 1. The maximum Gasteiger partial charge on any atom is 0.226 e. The quantitative estimate of drug-likeness (QED) is 0.339. The first kappa shape index (κ1) is 13.8. The number of carbonyl (C=O) groups excluding carboxylic acids is 1. The van der Waals surface area contributed by atoms with Gasteiger partial charge < -0.3 is 15.8 Å². The number of hydrogen-bond acceptors (Lipinski definition) is 3. The van der Waals surface area contributed by atoms with Gasteiger partial charge in [-0.1, -0.05) is 24.4 Å². The molecule has 0 saturated heterocycles. The minimum Gasteiger partial charge on any atom is -0.409 e. The van der Waals surface area contributed by atoms with Gasteiger partial charge in [0, 0.05) is 12.0 Å². The third-order valence-corrected chi connectivity index (χ3v) is 3.32. The van der Waals surface area contributed by atoms with E-state index in [0.29, 0.717) is 0 Å². The molecule has 0 aromatic rings. The highest BCUT2D eigenvalue weighted by atomic mass is 16.4. The van der Waals surface area contributed by atoms with Gasteiger partial charge in [-0.05, 0) is 26.7 Å². The Bertz CT molecular complexity index is 283. The van der Waals surface area contributed by atoms with Crippen molar-refractivity contribution in [1.82, 2.24) is 4.90 Å². The van der Waals surface area contributed by atoms with E-state index < -0.39 is 0 Å². The molecular weight excluding hydrogens is 218 g/mol. The maximum atomic E-state index is 12.3. The van der Waals surface area contributed by atoms with Gasteiger partial charge in [0.1, 0.15) is 0 Å². The molecule has 0 unspecified atom stereocenters. The predicted octanol–water partition coefficient (Wildman–Crippen LogP) is 1.55. The minimum atomic E-state index is 0.0738. The first-order valence-electron chi connectivity index (χ1n) is 6.33. The van der Waals surface area contributed by atoms with Crippen molar-refractivity contribution in [1.29, 1.82) is 0 Å². The average Bonchev–Trinajstić information content (AvgIpc) is 2.35. The van der Waals surface area contributed by atoms with E-state index in [-0.39, 0.29) is 30.2 Å². The van der Waals surface area contributed by atoms with Crippen LogP contribution in [-0.4, -0.2) is 34.4 Å². The van der Waals surface area contributed by atoms with Gasteiger partial charge >= 0.3 is 0 Å². The van der Waals surface area contributed by atoms with E-state index in [1.165, 1.54) is 6.42 Å². The summed E-state index contributed by atoms with van der Waals surface area (Å²) in [5.41, 5.74) is 5.49. The van der Waals surface area contributed by atoms with Crippen molar-refractivity contribution < 1.29 is 10.0 Å². The molecule has 1 rings (SSSR count). The van der Waals surface area contributed by atoms with E-state index in [1.54, 1.807) is 4.90 Å². The largest absolute Gasteiger partial charge is 0.409 e. The van der Waals surface area contributed by atoms with Gasteiger partial charge in [0.05, 0.1) is 6.54 Å². The Hall–Kier alpha value is -1.26. The van der Waals surface area contributed by atoms with Crippen LogP contribution in [0.4, 0.5) is 0 Å². The molecule has 0 aliphatic heterocycles. The highest BCUT2D eigenvalue weighted by Gasteiger charge is 2.27. The van der Waals surface area contributed by atoms with Crippen LogP contribution in [0, 0.1) is 5.92 Å². The third-order valence-electron chi connectivity index (χ3n) is 3.32. The zero-order valence-corrected chi connectivity index (χ0v) is 10.7. The lowest BCUT2D eigenvalue weighted by Gasteiger charge is -2.31. The van der Waals surface area contributed by atoms with Crippen LogP contribution in [0.25, 0.3) is 0 Å². The zero-order valence-electron chi connectivity index (χ0n) is 10.7. The van der Waals surface area contributed by atoms with Gasteiger partial charge in [-0.15, -0.1) is 0 Å². The standard InChI is InChI=1S/C12H23N3O2/c1-9(2)15(8-11(13)14-17)12(16)10-6-4-3-5-7-10/h9-10,17H,3-8H2,1-2H3,(H2,13,14). The van der Waals surface area contributed by atoms with Crippen LogP contribution >= 0.6 is 0 Å². The molecule has 1 aliphatic rings. The van der Waals surface area contributed by atoms with Crippen molar-refractivity contribution in [3.63, 3.8) is 0 Å². The van der Waals surface area contributed by atoms with Gasteiger partial charge in [0.2, 0.25) is 5.91 Å². The van der Waals surface area contributed by atoms with Crippen molar-refractivity contribution in [2.45, 2.75) is 52.0 Å². The topological polar surface area (TPSA) is 78.9 Å². The smallest absolute Gasteiger partial charge is 0.226 e. The molecule has 0 spiro atoms. The van der Waals surface area contributed by atoms with Gasteiger partial charge in [-0.3, -0.25) is 4.79 Å². The van der Waals surface area contributed by atoms with Crippen LogP contribution in [0.3, 0.4) is 0 Å². The summed E-state index contributed by atoms with van der Waals surface area (Å²) >= 11 is 0. The summed E-state index contributed by atoms with van der Waals surface area (Å²) in [6, 6.07) is 0.0738. The number of rotatable bonds is 4. The third kappa shape index (κ3) is 3.91. The first-order chi connectivity index (χ1) is 8.06. The Morgan fingerprint density at radius 1 is 1.41 bits per heavy atom. The molecule has 98 valence electrons. The average molecular weight is 241 g/mol. The fraction of sp³-hybridized carbons (Fsp3) is 0.833. The van der Waals surface area contributed by atoms with Crippen LogP contribution in [0.1, 0.15) is 46.0 Å². The first-order valence-corrected chi connectivity index (χ1v) is 6.33. The van der Waals surface area contributed by atoms with Crippen LogP contribution < -0.4 is 5.73 Å². The molecule has 5 heteroatoms. The normalized spacial score (nSPS) is 18.4. The second-order valence-electron chi connectivity index (χ2n) is 4.99. The summed E-state index contributed by atoms with van der Waals surface area (Å²) in [5, 5.41) is 11.5. The molecule has 1 saturated carbocycles. The lowest BCUT2D eigenvalue weighted by Crippen LogP contribution is -2.46. The lowest BCUT2D eigenvalue weighted by atomic mass is 9.88. The van der Waals surface area contributed by atoms with Crippen LogP contribution in [0.2, 0.25) is 0 Å². The molecular formula is C12H23N3O2. The second kappa shape index (κ2) is 6.47. The maximum absolute atomic E-state index is 12.3. The van der Waals surface area contributed by atoms with Crippen molar-refractivity contribution in [3.05, 3.63) is 0 Å². The molecule has 0 bridgehead atoms. The summed E-state index contributed by atoms with van der Waals surface area (Å²) in [4.78, 5) is 14.0. The van der Waals surface area contributed by atoms with Crippen LogP contribution in [0.15, 0.2) is 5.16 Å². The molecule has 0 atom stereocenters. The Kier molecular flexibility index (Phi) is 5.25. The minimum absolute atomic E-state index is 0.0738. The predicted molar refractivity (Wildman–Crippen MR) is 66.8 cm³/mol. The number of nitrogens with zero attached hydrogens (tertiary/aromatic N) is 2. The Morgan fingerprint density at radius 2 is 2.00 bits per heavy atom. The summed E-state index contributed by atoms with van der Waals surface area (Å²) in [5.74, 6) is 0.354. The summed E-state index contributed by atoms with van der Waals surface area (Å²) in [7, 11) is 0. The molecule has 0 radical (unpaired) electrons. The van der Waals surface area contributed by atoms with Crippen LogP contribution in [0.5, 0.6) is 0 Å². The van der Waals surface area contributed by atoms with Gasteiger partial charge in [-0.25, -0.2) is 0 Å². The van der Waals surface area contributed by atoms with Crippen molar-refractivity contribution in [2.75, 3.05) is 6.54 Å². The molecule has 3 N–H and O–H groups in total. The van der Waals surface area contributed by atoms with Crippen molar-refractivity contribution >= 4 is 11.7 Å². The number of carbonyl (C=O) groups is 1. The second-order valence-corrected chi connectivity index (χ2v) is 4.99. The van der Waals surface area contributed by atoms with Crippen molar-refractivity contribution in [2.24, 2.45) is 16.8 Å². The summed E-state index contributed by atoms with van der Waals surface area (Å²) in [6.45, 7) is 4.11. The molecule has 0 heterocycles. The SMILES string of the molecule is CC(C)N(CC(N)=NO)C(=O)C1CCCCC1. The fourth-order valence-corrected chi connectivity index (χ4v) is 2.31. The van der Waals surface area contributed by atoms with E-state index in [2.05, 4.69) is 5.16 Å². The zero-order chi connectivity index (χ0) is 12.8. The van der Waals surface area contributed by atoms with E-state index in [1.807, 2.05) is 13.8 Å². The van der Waals surface area contributed by atoms with Gasteiger partial charge in [-0.2, -0.15) is 0 Å². The number of oxime groups is 1. The monoisotopic (exact) mass is 241 g/mol. The van der Waals surface area contributed by atoms with Crippen molar-refractivity contribution in [3.8, 4) is 0 Å². The lowest BCUT2D eigenvalue weighted by molar-refractivity contribution is -0.137. The Labute approximate surface area is 103 Å². The molecule has 1 aliphatic carbocycles. The molecule has 17 heavy (non-hydrogen) atoms. The summed E-state index contributed by atoms with van der Waals surface area (Å²) < 4.78 is 0. The fourth-order valence-electron chi connectivity index (χ4n) is 2.31. The van der Waals surface area contributed by atoms with E-state index >= 15 is 0 Å². The molecule has 1 amide bonds. The molecule has 5 nitrogen and oxygen atoms in total. The molecule has 0 aromatic carbocycles. The number of hydrogen-bond donors (Lipinski definition) is 2. The van der Waals surface area contributed by atoms with E-state index in [0.717, 1.165) is 25.7 Å². The Balaban J connectivity index is 2.65. The molecule has 1 fully saturated rings. The Morgan fingerprint density at radius 3 is 2.47 bits per heavy atom.